The van der Waals surface area contributed by atoms with Crippen molar-refractivity contribution >= 4 is 21.7 Å². The molecule has 0 radical (unpaired) electrons. The van der Waals surface area contributed by atoms with Gasteiger partial charge in [0.05, 0.1) is 6.04 Å². The van der Waals surface area contributed by atoms with Crippen LogP contribution in [0.4, 0.5) is 0 Å². The van der Waals surface area contributed by atoms with Crippen LogP contribution in [0.3, 0.4) is 0 Å². The molecular weight excluding hydrogens is 254 g/mol. The Hall–Kier alpha value is -0.670. The molecule has 1 aromatic rings. The minimum atomic E-state index is -0.390. The van der Waals surface area contributed by atoms with Gasteiger partial charge in [0, 0.05) is 10.4 Å². The van der Waals surface area contributed by atoms with Crippen LogP contribution in [0.15, 0.2) is 28.7 Å². The molecule has 0 amide bonds. The van der Waals surface area contributed by atoms with Gasteiger partial charge in [-0.1, -0.05) is 41.9 Å². The number of nitrogens with two attached hydrogens (primary N) is 1. The Morgan fingerprint density at radius 1 is 1.47 bits per heavy atom. The summed E-state index contributed by atoms with van der Waals surface area (Å²) in [6, 6.07) is 7.50. The zero-order valence-electron chi connectivity index (χ0n) is 9.03. The van der Waals surface area contributed by atoms with Crippen LogP contribution in [-0.4, -0.2) is 11.8 Å². The molecule has 0 aliphatic rings. The highest BCUT2D eigenvalue weighted by atomic mass is 79.9. The fourth-order valence-corrected chi connectivity index (χ4v) is 1.89. The molecule has 2 nitrogen and oxygen atoms in total. The second-order valence-corrected chi connectivity index (χ2v) is 4.91. The van der Waals surface area contributed by atoms with Crippen LogP contribution >= 0.6 is 15.9 Å². The number of Topliss-reactive ketones (excluding diaryl/α,β-unsaturated/α-hetero) is 1. The van der Waals surface area contributed by atoms with E-state index in [-0.39, 0.29) is 17.7 Å². The molecule has 2 N–H and O–H groups in total. The Labute approximate surface area is 99.0 Å². The van der Waals surface area contributed by atoms with Crippen LogP contribution in [0, 0.1) is 5.92 Å². The molecular formula is C12H16BrNO. The van der Waals surface area contributed by atoms with Crippen molar-refractivity contribution in [2.45, 2.75) is 26.3 Å². The molecule has 1 unspecified atom stereocenters. The summed E-state index contributed by atoms with van der Waals surface area (Å²) in [6.07, 6.45) is 0.608. The van der Waals surface area contributed by atoms with E-state index in [2.05, 4.69) is 15.9 Å². The highest BCUT2D eigenvalue weighted by Crippen LogP contribution is 2.13. The summed E-state index contributed by atoms with van der Waals surface area (Å²) in [4.78, 5) is 11.6. The van der Waals surface area contributed by atoms with Gasteiger partial charge in [-0.25, -0.2) is 0 Å². The van der Waals surface area contributed by atoms with E-state index in [9.17, 15) is 4.79 Å². The third-order valence-corrected chi connectivity index (χ3v) is 2.77. The predicted octanol–water partition coefficient (Wildman–Crippen LogP) is 2.54. The van der Waals surface area contributed by atoms with Gasteiger partial charge in [0.2, 0.25) is 0 Å². The van der Waals surface area contributed by atoms with Crippen LogP contribution in [-0.2, 0) is 11.2 Å². The summed E-state index contributed by atoms with van der Waals surface area (Å²) >= 11 is 3.39. The van der Waals surface area contributed by atoms with E-state index >= 15 is 0 Å². The molecule has 0 aliphatic carbocycles. The van der Waals surface area contributed by atoms with Crippen molar-refractivity contribution in [2.24, 2.45) is 11.7 Å². The molecule has 0 heterocycles. The van der Waals surface area contributed by atoms with Gasteiger partial charge in [-0.2, -0.15) is 0 Å². The molecule has 3 heteroatoms. The van der Waals surface area contributed by atoms with Gasteiger partial charge < -0.3 is 5.73 Å². The molecule has 1 rings (SSSR count). The van der Waals surface area contributed by atoms with Gasteiger partial charge >= 0.3 is 0 Å². The molecule has 0 fully saturated rings. The lowest BCUT2D eigenvalue weighted by Crippen LogP contribution is -2.35. The number of carbonyl (C=O) groups is 1. The fraction of sp³-hybridized carbons (Fsp3) is 0.417. The first-order chi connectivity index (χ1) is 7.00. The number of ketones is 1. The van der Waals surface area contributed by atoms with E-state index in [1.807, 2.05) is 38.1 Å². The summed E-state index contributed by atoms with van der Waals surface area (Å²) in [5.74, 6) is 0.127. The highest BCUT2D eigenvalue weighted by molar-refractivity contribution is 9.10. The Balaban J connectivity index is 2.66. The maximum Gasteiger partial charge on any atom is 0.152 e. The molecule has 1 aromatic carbocycles. The molecule has 0 spiro atoms. The van der Waals surface area contributed by atoms with Crippen molar-refractivity contribution in [2.75, 3.05) is 0 Å². The first-order valence-electron chi connectivity index (χ1n) is 5.04. The van der Waals surface area contributed by atoms with Crippen molar-refractivity contribution in [3.05, 3.63) is 34.3 Å². The molecule has 82 valence electrons. The Kier molecular flexibility index (Phi) is 4.48. The largest absolute Gasteiger partial charge is 0.321 e. The van der Waals surface area contributed by atoms with Crippen molar-refractivity contribution in [3.63, 3.8) is 0 Å². The smallest absolute Gasteiger partial charge is 0.152 e. The topological polar surface area (TPSA) is 43.1 Å². The molecule has 0 bridgehead atoms. The molecule has 0 saturated carbocycles. The first kappa shape index (κ1) is 12.4. The zero-order chi connectivity index (χ0) is 11.4. The summed E-state index contributed by atoms with van der Waals surface area (Å²) in [5, 5.41) is 0. The van der Waals surface area contributed by atoms with E-state index in [0.29, 0.717) is 6.42 Å². The van der Waals surface area contributed by atoms with Crippen LogP contribution in [0.2, 0.25) is 0 Å². The van der Waals surface area contributed by atoms with Crippen molar-refractivity contribution in [1.82, 2.24) is 0 Å². The van der Waals surface area contributed by atoms with Crippen LogP contribution in [0.5, 0.6) is 0 Å². The summed E-state index contributed by atoms with van der Waals surface area (Å²) in [7, 11) is 0. The van der Waals surface area contributed by atoms with Gasteiger partial charge in [0.25, 0.3) is 0 Å². The van der Waals surface area contributed by atoms with Gasteiger partial charge in [-0.3, -0.25) is 4.79 Å². The monoisotopic (exact) mass is 269 g/mol. The number of hydrogen-bond acceptors (Lipinski definition) is 2. The van der Waals surface area contributed by atoms with Gasteiger partial charge in [-0.05, 0) is 24.1 Å². The molecule has 0 aliphatic heterocycles. The number of rotatable bonds is 4. The summed E-state index contributed by atoms with van der Waals surface area (Å²) < 4.78 is 1.02. The average molecular weight is 270 g/mol. The van der Waals surface area contributed by atoms with E-state index in [1.54, 1.807) is 0 Å². The molecule has 0 saturated heterocycles. The van der Waals surface area contributed by atoms with Gasteiger partial charge in [0.15, 0.2) is 5.78 Å². The van der Waals surface area contributed by atoms with Gasteiger partial charge in [-0.15, -0.1) is 0 Å². The minimum Gasteiger partial charge on any atom is -0.321 e. The maximum atomic E-state index is 11.6. The average Bonchev–Trinajstić information content (AvgIpc) is 2.16. The minimum absolute atomic E-state index is 0.00662. The van der Waals surface area contributed by atoms with Gasteiger partial charge in [0.1, 0.15) is 0 Å². The number of carbonyl (C=O) groups excluding carboxylic acids is 1. The van der Waals surface area contributed by atoms with E-state index in [0.717, 1.165) is 10.0 Å². The number of halogens is 1. The third-order valence-electron chi connectivity index (χ3n) is 2.28. The predicted molar refractivity (Wildman–Crippen MR) is 65.7 cm³/mol. The SMILES string of the molecule is CC(C)C(=O)C(N)Cc1cccc(Br)c1. The van der Waals surface area contributed by atoms with E-state index < -0.39 is 0 Å². The van der Waals surface area contributed by atoms with Crippen molar-refractivity contribution in [1.29, 1.82) is 0 Å². The lowest BCUT2D eigenvalue weighted by Gasteiger charge is -2.13. The van der Waals surface area contributed by atoms with Crippen LogP contribution in [0.1, 0.15) is 19.4 Å². The second-order valence-electron chi connectivity index (χ2n) is 4.00. The van der Waals surface area contributed by atoms with E-state index in [1.165, 1.54) is 0 Å². The number of hydrogen-bond donors (Lipinski definition) is 1. The summed E-state index contributed by atoms with van der Waals surface area (Å²) in [6.45, 7) is 3.76. The quantitative estimate of drug-likeness (QED) is 0.913. The zero-order valence-corrected chi connectivity index (χ0v) is 10.6. The lowest BCUT2D eigenvalue weighted by molar-refractivity contribution is -0.123. The molecule has 0 aromatic heterocycles. The Bertz CT molecular complexity index is 349. The van der Waals surface area contributed by atoms with Crippen molar-refractivity contribution in [3.8, 4) is 0 Å². The normalized spacial score (nSPS) is 12.9. The first-order valence-corrected chi connectivity index (χ1v) is 5.83. The Morgan fingerprint density at radius 3 is 2.67 bits per heavy atom. The molecule has 15 heavy (non-hydrogen) atoms. The molecule has 1 atom stereocenters. The van der Waals surface area contributed by atoms with Crippen molar-refractivity contribution < 1.29 is 4.79 Å². The lowest BCUT2D eigenvalue weighted by atomic mass is 9.97. The standard InChI is InChI=1S/C12H16BrNO/c1-8(2)12(15)11(14)7-9-4-3-5-10(13)6-9/h3-6,8,11H,7,14H2,1-2H3. The highest BCUT2D eigenvalue weighted by Gasteiger charge is 2.17. The third kappa shape index (κ3) is 3.76. The van der Waals surface area contributed by atoms with Crippen LogP contribution < -0.4 is 5.73 Å². The van der Waals surface area contributed by atoms with Crippen LogP contribution in [0.25, 0.3) is 0 Å². The second kappa shape index (κ2) is 5.42. The Morgan fingerprint density at radius 2 is 2.13 bits per heavy atom. The fourth-order valence-electron chi connectivity index (χ4n) is 1.45. The number of benzene rings is 1. The maximum absolute atomic E-state index is 11.6. The van der Waals surface area contributed by atoms with E-state index in [4.69, 9.17) is 5.73 Å². The summed E-state index contributed by atoms with van der Waals surface area (Å²) in [5.41, 5.74) is 6.92.